The molecular formula is C19H30O11. The van der Waals surface area contributed by atoms with Crippen LogP contribution in [-0.2, 0) is 28.6 Å². The number of aliphatic hydroxyl groups excluding tert-OH is 5. The standard InChI is InChI=1S/C14H18O7.C5H12O4/c1-4-11(16)19-8-14(7-15,9-20-12(17)5-2)10-21-13(18)6-3;6-1-5(2-7,3-8)4-9/h4-6,15H,1-3,7-10H2;6-9H,1-4H2. The Balaban J connectivity index is 0. The maximum Gasteiger partial charge on any atom is 0.330 e. The minimum Gasteiger partial charge on any atom is -0.462 e. The van der Waals surface area contributed by atoms with Crippen molar-refractivity contribution >= 4 is 17.9 Å². The van der Waals surface area contributed by atoms with Crippen LogP contribution in [0.25, 0.3) is 0 Å². The van der Waals surface area contributed by atoms with Crippen LogP contribution in [0.15, 0.2) is 38.0 Å². The molecule has 0 fully saturated rings. The number of hydrogen-bond acceptors (Lipinski definition) is 11. The molecule has 0 aromatic carbocycles. The molecule has 0 spiro atoms. The fourth-order valence-corrected chi connectivity index (χ4v) is 1.41. The molecule has 0 bridgehead atoms. The molecule has 0 heterocycles. The van der Waals surface area contributed by atoms with Crippen LogP contribution in [0.5, 0.6) is 0 Å². The second-order valence-corrected chi connectivity index (χ2v) is 6.23. The van der Waals surface area contributed by atoms with Crippen molar-refractivity contribution in [3.05, 3.63) is 38.0 Å². The van der Waals surface area contributed by atoms with Gasteiger partial charge in [0.15, 0.2) is 0 Å². The highest BCUT2D eigenvalue weighted by Gasteiger charge is 2.35. The van der Waals surface area contributed by atoms with Gasteiger partial charge in [0, 0.05) is 18.2 Å². The van der Waals surface area contributed by atoms with Crippen molar-refractivity contribution in [3.8, 4) is 0 Å². The molecule has 0 aromatic rings. The predicted octanol–water partition coefficient (Wildman–Crippen LogP) is -1.91. The number of esters is 3. The second-order valence-electron chi connectivity index (χ2n) is 6.23. The average Bonchev–Trinajstić information content (AvgIpc) is 2.80. The fraction of sp³-hybridized carbons (Fsp3) is 0.526. The Hall–Kier alpha value is -2.57. The third-order valence-corrected chi connectivity index (χ3v) is 3.74. The number of carbonyl (C=O) groups is 3. The Bertz CT molecular complexity index is 490. The number of hydrogen-bond donors (Lipinski definition) is 5. The molecule has 0 aliphatic heterocycles. The summed E-state index contributed by atoms with van der Waals surface area (Å²) in [6, 6.07) is 0. The highest BCUT2D eigenvalue weighted by atomic mass is 16.6. The predicted molar refractivity (Wildman–Crippen MR) is 104 cm³/mol. The summed E-state index contributed by atoms with van der Waals surface area (Å²) in [6.07, 6.45) is 2.81. The van der Waals surface area contributed by atoms with E-state index in [1.807, 2.05) is 0 Å². The summed E-state index contributed by atoms with van der Waals surface area (Å²) in [5.74, 6) is -2.17. The van der Waals surface area contributed by atoms with Crippen LogP contribution in [0.4, 0.5) is 0 Å². The molecule has 5 N–H and O–H groups in total. The van der Waals surface area contributed by atoms with Crippen LogP contribution in [0.3, 0.4) is 0 Å². The van der Waals surface area contributed by atoms with Crippen molar-refractivity contribution in [3.63, 3.8) is 0 Å². The molecule has 11 nitrogen and oxygen atoms in total. The van der Waals surface area contributed by atoms with Crippen molar-refractivity contribution in [2.75, 3.05) is 52.9 Å². The van der Waals surface area contributed by atoms with Crippen LogP contribution < -0.4 is 0 Å². The Morgan fingerprint density at radius 2 is 0.800 bits per heavy atom. The third kappa shape index (κ3) is 11.4. The molecule has 0 saturated carbocycles. The van der Waals surface area contributed by atoms with Crippen LogP contribution in [0.1, 0.15) is 0 Å². The SMILES string of the molecule is C=CC(=O)OCC(CO)(COC(=O)C=C)COC(=O)C=C.OCC(CO)(CO)CO. The van der Waals surface area contributed by atoms with Gasteiger partial charge in [0.05, 0.1) is 43.9 Å². The van der Waals surface area contributed by atoms with Crippen LogP contribution in [0, 0.1) is 10.8 Å². The van der Waals surface area contributed by atoms with Gasteiger partial charge in [-0.1, -0.05) is 19.7 Å². The molecule has 0 aliphatic rings. The van der Waals surface area contributed by atoms with E-state index in [0.717, 1.165) is 18.2 Å². The Kier molecular flexibility index (Phi) is 16.1. The number of rotatable bonds is 14. The summed E-state index contributed by atoms with van der Waals surface area (Å²) in [6.45, 7) is 6.52. The lowest BCUT2D eigenvalue weighted by Crippen LogP contribution is -2.42. The fourth-order valence-electron chi connectivity index (χ4n) is 1.41. The molecule has 0 rings (SSSR count). The smallest absolute Gasteiger partial charge is 0.330 e. The van der Waals surface area contributed by atoms with E-state index in [0.29, 0.717) is 0 Å². The van der Waals surface area contributed by atoms with Crippen molar-refractivity contribution < 1.29 is 54.1 Å². The van der Waals surface area contributed by atoms with Gasteiger partial charge in [0.25, 0.3) is 0 Å². The highest BCUT2D eigenvalue weighted by molar-refractivity contribution is 5.82. The van der Waals surface area contributed by atoms with Crippen molar-refractivity contribution in [2.24, 2.45) is 10.8 Å². The summed E-state index contributed by atoms with van der Waals surface area (Å²) in [5, 5.41) is 43.5. The van der Waals surface area contributed by atoms with E-state index < -0.39 is 61.8 Å². The monoisotopic (exact) mass is 434 g/mol. The lowest BCUT2D eigenvalue weighted by Gasteiger charge is -2.29. The van der Waals surface area contributed by atoms with Gasteiger partial charge in [-0.15, -0.1) is 0 Å². The molecular weight excluding hydrogens is 404 g/mol. The topological polar surface area (TPSA) is 180 Å². The van der Waals surface area contributed by atoms with Crippen LogP contribution >= 0.6 is 0 Å². The summed E-state index contributed by atoms with van der Waals surface area (Å²) in [4.78, 5) is 33.3. The van der Waals surface area contributed by atoms with Gasteiger partial charge in [-0.2, -0.15) is 0 Å². The molecule has 0 saturated heterocycles. The van der Waals surface area contributed by atoms with Gasteiger partial charge in [-0.3, -0.25) is 0 Å². The first-order valence-corrected chi connectivity index (χ1v) is 8.59. The number of carbonyl (C=O) groups excluding carboxylic acids is 3. The van der Waals surface area contributed by atoms with E-state index in [9.17, 15) is 19.5 Å². The minimum absolute atomic E-state index is 0.330. The first-order chi connectivity index (χ1) is 14.2. The molecule has 0 atom stereocenters. The second kappa shape index (κ2) is 16.3. The van der Waals surface area contributed by atoms with Gasteiger partial charge >= 0.3 is 17.9 Å². The minimum atomic E-state index is -1.28. The molecule has 0 unspecified atom stereocenters. The van der Waals surface area contributed by atoms with Crippen molar-refractivity contribution in [1.29, 1.82) is 0 Å². The summed E-state index contributed by atoms with van der Waals surface area (Å²) < 4.78 is 14.5. The first-order valence-electron chi connectivity index (χ1n) is 8.59. The lowest BCUT2D eigenvalue weighted by molar-refractivity contribution is -0.159. The Morgan fingerprint density at radius 1 is 0.567 bits per heavy atom. The summed E-state index contributed by atoms with van der Waals surface area (Å²) >= 11 is 0. The highest BCUT2D eigenvalue weighted by Crippen LogP contribution is 2.19. The van der Waals surface area contributed by atoms with Crippen LogP contribution in [-0.4, -0.2) is 96.3 Å². The van der Waals surface area contributed by atoms with E-state index in [4.69, 9.17) is 34.6 Å². The van der Waals surface area contributed by atoms with Gasteiger partial charge in [0.2, 0.25) is 0 Å². The van der Waals surface area contributed by atoms with Gasteiger partial charge in [0.1, 0.15) is 19.8 Å². The molecule has 11 heteroatoms. The van der Waals surface area contributed by atoms with Crippen LogP contribution in [0.2, 0.25) is 0 Å². The largest absolute Gasteiger partial charge is 0.462 e. The maximum atomic E-state index is 11.1. The zero-order valence-electron chi connectivity index (χ0n) is 16.7. The summed E-state index contributed by atoms with van der Waals surface area (Å²) in [5.41, 5.74) is -2.39. The van der Waals surface area contributed by atoms with Gasteiger partial charge in [-0.25, -0.2) is 14.4 Å². The molecule has 0 radical (unpaired) electrons. The van der Waals surface area contributed by atoms with Crippen molar-refractivity contribution in [2.45, 2.75) is 0 Å². The zero-order valence-corrected chi connectivity index (χ0v) is 16.7. The van der Waals surface area contributed by atoms with Crippen molar-refractivity contribution in [1.82, 2.24) is 0 Å². The molecule has 0 amide bonds. The molecule has 30 heavy (non-hydrogen) atoms. The number of ether oxygens (including phenoxy) is 3. The van der Waals surface area contributed by atoms with Gasteiger partial charge < -0.3 is 39.7 Å². The molecule has 0 aliphatic carbocycles. The summed E-state index contributed by atoms with van der Waals surface area (Å²) in [7, 11) is 0. The number of aliphatic hydroxyl groups is 5. The van der Waals surface area contributed by atoms with E-state index >= 15 is 0 Å². The maximum absolute atomic E-state index is 11.1. The first kappa shape index (κ1) is 29.6. The Morgan fingerprint density at radius 3 is 0.933 bits per heavy atom. The molecule has 0 aromatic heterocycles. The Labute approximate surface area is 174 Å². The third-order valence-electron chi connectivity index (χ3n) is 3.74. The van der Waals surface area contributed by atoms with E-state index in [1.54, 1.807) is 0 Å². The zero-order chi connectivity index (χ0) is 23.6. The average molecular weight is 434 g/mol. The molecule has 172 valence electrons. The normalized spacial score (nSPS) is 10.7. The van der Waals surface area contributed by atoms with Gasteiger partial charge in [-0.05, 0) is 0 Å². The van der Waals surface area contributed by atoms with E-state index in [-0.39, 0.29) is 19.8 Å². The van der Waals surface area contributed by atoms with E-state index in [1.165, 1.54) is 0 Å². The quantitative estimate of drug-likeness (QED) is 0.117. The van der Waals surface area contributed by atoms with E-state index in [2.05, 4.69) is 19.7 Å². The lowest BCUT2D eigenvalue weighted by atomic mass is 9.92.